The Kier molecular flexibility index (Phi) is 3.55. The fraction of sp³-hybridized carbons (Fsp3) is 0.364. The maximum absolute atomic E-state index is 4.70. The molecule has 3 unspecified atom stereocenters. The second-order valence-corrected chi connectivity index (χ2v) is 9.38. The highest BCUT2D eigenvalue weighted by Crippen LogP contribution is 2.72. The molecule has 0 aromatic heterocycles. The van der Waals surface area contributed by atoms with Crippen molar-refractivity contribution >= 4 is 45.6 Å². The molecule has 2 heterocycles. The summed E-state index contributed by atoms with van der Waals surface area (Å²) in [6.45, 7) is 4.84. The molecule has 4 nitrogen and oxygen atoms in total. The fourth-order valence-electron chi connectivity index (χ4n) is 5.29. The predicted molar refractivity (Wildman–Crippen MR) is 121 cm³/mol. The van der Waals surface area contributed by atoms with Gasteiger partial charge in [-0.05, 0) is 58.8 Å². The number of halogens is 1. The van der Waals surface area contributed by atoms with Crippen molar-refractivity contribution in [3.63, 3.8) is 0 Å². The first-order valence-corrected chi connectivity index (χ1v) is 10.4. The topological polar surface area (TPSA) is 31.2 Å². The summed E-state index contributed by atoms with van der Waals surface area (Å²) in [6, 6.07) is 17.5. The van der Waals surface area contributed by atoms with Crippen molar-refractivity contribution < 1.29 is 0 Å². The Morgan fingerprint density at radius 3 is 2.30 bits per heavy atom. The SMILES string of the molecule is CN=C1C(=NC)N2c3cc(I)ccc3C3(C)CC3(C)C2N1c1ccccc1. The lowest BCUT2D eigenvalue weighted by molar-refractivity contribution is 0.378. The number of nitrogens with zero attached hydrogens (tertiary/aromatic N) is 4. The zero-order chi connectivity index (χ0) is 19.0. The van der Waals surface area contributed by atoms with Gasteiger partial charge in [-0.1, -0.05) is 38.1 Å². The monoisotopic (exact) mass is 470 g/mol. The molecule has 0 bridgehead atoms. The number of aliphatic imine (C=N–C) groups is 2. The number of amidine groups is 2. The Balaban J connectivity index is 1.81. The second kappa shape index (κ2) is 5.56. The third kappa shape index (κ3) is 2.03. The average Bonchev–Trinajstić information content (AvgIpc) is 3.10. The van der Waals surface area contributed by atoms with E-state index in [9.17, 15) is 0 Å². The number of benzene rings is 2. The van der Waals surface area contributed by atoms with Gasteiger partial charge in [-0.25, -0.2) is 0 Å². The number of fused-ring (bicyclic) bond motifs is 6. The first-order chi connectivity index (χ1) is 13.0. The van der Waals surface area contributed by atoms with Gasteiger partial charge in [0.2, 0.25) is 0 Å². The zero-order valence-corrected chi connectivity index (χ0v) is 18.2. The molecule has 2 aromatic carbocycles. The quantitative estimate of drug-likeness (QED) is 0.567. The van der Waals surface area contributed by atoms with Crippen molar-refractivity contribution in [1.29, 1.82) is 0 Å². The van der Waals surface area contributed by atoms with Gasteiger partial charge in [0.05, 0.1) is 0 Å². The highest BCUT2D eigenvalue weighted by atomic mass is 127. The summed E-state index contributed by atoms with van der Waals surface area (Å²) in [5, 5.41) is 0. The molecule has 5 rings (SSSR count). The average molecular weight is 470 g/mol. The molecule has 27 heavy (non-hydrogen) atoms. The van der Waals surface area contributed by atoms with Gasteiger partial charge >= 0.3 is 0 Å². The lowest BCUT2D eigenvalue weighted by atomic mass is 9.81. The zero-order valence-electron chi connectivity index (χ0n) is 16.1. The first-order valence-electron chi connectivity index (χ1n) is 9.34. The van der Waals surface area contributed by atoms with Crippen LogP contribution in [-0.4, -0.2) is 31.9 Å². The number of anilines is 2. The molecular formula is C22H23IN4. The molecule has 3 aliphatic rings. The van der Waals surface area contributed by atoms with E-state index in [0.29, 0.717) is 0 Å². The van der Waals surface area contributed by atoms with Crippen LogP contribution in [0.1, 0.15) is 25.8 Å². The van der Waals surface area contributed by atoms with E-state index in [1.165, 1.54) is 26.9 Å². The van der Waals surface area contributed by atoms with Crippen LogP contribution < -0.4 is 9.80 Å². The maximum atomic E-state index is 4.70. The Morgan fingerprint density at radius 1 is 0.963 bits per heavy atom. The van der Waals surface area contributed by atoms with E-state index in [4.69, 9.17) is 9.98 Å². The van der Waals surface area contributed by atoms with Crippen LogP contribution in [0.2, 0.25) is 0 Å². The van der Waals surface area contributed by atoms with Crippen molar-refractivity contribution in [1.82, 2.24) is 0 Å². The van der Waals surface area contributed by atoms with Gasteiger partial charge in [-0.2, -0.15) is 0 Å². The number of hydrogen-bond acceptors (Lipinski definition) is 2. The van der Waals surface area contributed by atoms with Crippen LogP contribution in [0.3, 0.4) is 0 Å². The van der Waals surface area contributed by atoms with Crippen LogP contribution in [0.5, 0.6) is 0 Å². The van der Waals surface area contributed by atoms with Gasteiger partial charge in [0.1, 0.15) is 6.17 Å². The van der Waals surface area contributed by atoms with E-state index in [1.54, 1.807) is 0 Å². The fourth-order valence-corrected chi connectivity index (χ4v) is 5.76. The molecule has 1 saturated heterocycles. The van der Waals surface area contributed by atoms with Gasteiger partial charge in [0.15, 0.2) is 11.7 Å². The Morgan fingerprint density at radius 2 is 1.63 bits per heavy atom. The van der Waals surface area contributed by atoms with E-state index in [-0.39, 0.29) is 17.0 Å². The number of para-hydroxylation sites is 1. The Labute approximate surface area is 174 Å². The molecule has 1 aliphatic carbocycles. The molecule has 0 radical (unpaired) electrons. The molecular weight excluding hydrogens is 447 g/mol. The minimum absolute atomic E-state index is 0.144. The molecule has 2 aromatic rings. The second-order valence-electron chi connectivity index (χ2n) is 8.13. The van der Waals surface area contributed by atoms with Gasteiger partial charge in [-0.3, -0.25) is 9.98 Å². The predicted octanol–water partition coefficient (Wildman–Crippen LogP) is 4.68. The van der Waals surface area contributed by atoms with Crippen LogP contribution >= 0.6 is 22.6 Å². The van der Waals surface area contributed by atoms with Gasteiger partial charge in [-0.15, -0.1) is 0 Å². The molecule has 0 N–H and O–H groups in total. The van der Waals surface area contributed by atoms with Crippen LogP contribution in [0.4, 0.5) is 11.4 Å². The van der Waals surface area contributed by atoms with Crippen LogP contribution in [0.25, 0.3) is 0 Å². The van der Waals surface area contributed by atoms with Crippen molar-refractivity contribution in [3.05, 3.63) is 57.7 Å². The third-order valence-electron chi connectivity index (χ3n) is 6.84. The summed E-state index contributed by atoms with van der Waals surface area (Å²) in [7, 11) is 3.75. The summed E-state index contributed by atoms with van der Waals surface area (Å²) in [6.07, 6.45) is 1.36. The molecule has 5 heteroatoms. The minimum Gasteiger partial charge on any atom is -0.302 e. The molecule has 138 valence electrons. The molecule has 2 fully saturated rings. The van der Waals surface area contributed by atoms with Crippen LogP contribution in [0.15, 0.2) is 58.5 Å². The maximum Gasteiger partial charge on any atom is 0.173 e. The van der Waals surface area contributed by atoms with Crippen molar-refractivity contribution in [2.45, 2.75) is 31.8 Å². The Hall–Kier alpha value is -1.89. The summed E-state index contributed by atoms with van der Waals surface area (Å²) in [5.41, 5.74) is 4.22. The van der Waals surface area contributed by atoms with Crippen LogP contribution in [-0.2, 0) is 5.41 Å². The number of hydrogen-bond donors (Lipinski definition) is 0. The normalized spacial score (nSPS) is 33.9. The van der Waals surface area contributed by atoms with Gasteiger partial charge in [0.25, 0.3) is 0 Å². The molecule has 2 aliphatic heterocycles. The summed E-state index contributed by atoms with van der Waals surface area (Å²) in [4.78, 5) is 14.2. The smallest absolute Gasteiger partial charge is 0.173 e. The summed E-state index contributed by atoms with van der Waals surface area (Å²) in [5.74, 6) is 1.92. The van der Waals surface area contributed by atoms with Gasteiger partial charge < -0.3 is 9.80 Å². The van der Waals surface area contributed by atoms with Crippen molar-refractivity contribution in [2.75, 3.05) is 23.9 Å². The molecule has 1 saturated carbocycles. The highest BCUT2D eigenvalue weighted by molar-refractivity contribution is 14.1. The third-order valence-corrected chi connectivity index (χ3v) is 7.51. The summed E-state index contributed by atoms with van der Waals surface area (Å²) >= 11 is 2.41. The van der Waals surface area contributed by atoms with E-state index >= 15 is 0 Å². The van der Waals surface area contributed by atoms with E-state index < -0.39 is 0 Å². The first kappa shape index (κ1) is 17.2. The molecule has 0 amide bonds. The summed E-state index contributed by atoms with van der Waals surface area (Å²) < 4.78 is 1.25. The molecule has 3 atom stereocenters. The lowest BCUT2D eigenvalue weighted by Gasteiger charge is -2.43. The van der Waals surface area contributed by atoms with Crippen molar-refractivity contribution in [2.24, 2.45) is 15.4 Å². The van der Waals surface area contributed by atoms with Crippen molar-refractivity contribution in [3.8, 4) is 0 Å². The lowest BCUT2D eigenvalue weighted by Crippen LogP contribution is -2.51. The standard InChI is InChI=1S/C22H23IN4/c1-21-13-22(21,2)20-26(15-8-6-5-7-9-15)18(24-3)19(25-4)27(20)17-12-14(23)10-11-16(17)21/h5-12,20H,13H2,1-4H3. The van der Waals surface area contributed by atoms with E-state index in [0.717, 1.165) is 11.7 Å². The Bertz CT molecular complexity index is 999. The minimum atomic E-state index is 0.144. The van der Waals surface area contributed by atoms with Crippen LogP contribution in [0, 0.1) is 8.99 Å². The van der Waals surface area contributed by atoms with E-state index in [1.807, 2.05) is 14.1 Å². The largest absolute Gasteiger partial charge is 0.302 e. The number of rotatable bonds is 1. The highest BCUT2D eigenvalue weighted by Gasteiger charge is 2.73. The molecule has 0 spiro atoms. The van der Waals surface area contributed by atoms with Gasteiger partial charge in [0, 0.05) is 39.9 Å². The van der Waals surface area contributed by atoms with E-state index in [2.05, 4.69) is 94.8 Å².